The van der Waals surface area contributed by atoms with Crippen molar-refractivity contribution in [2.45, 2.75) is 57.8 Å². The number of aromatic nitrogens is 3. The molecule has 2 saturated heterocycles. The Morgan fingerprint density at radius 3 is 2.40 bits per heavy atom. The van der Waals surface area contributed by atoms with Crippen molar-refractivity contribution in [3.05, 3.63) is 12.1 Å². The van der Waals surface area contributed by atoms with Crippen LogP contribution in [0.15, 0.2) is 12.1 Å². The Kier molecular flexibility index (Phi) is 5.60. The summed E-state index contributed by atoms with van der Waals surface area (Å²) in [7, 11) is 0. The number of fused-ring (bicyclic) bond motifs is 1. The number of pyridine rings is 1. The van der Waals surface area contributed by atoms with Crippen LogP contribution in [0.5, 0.6) is 0 Å². The number of hydrogen-bond donors (Lipinski definition) is 1. The van der Waals surface area contributed by atoms with Crippen molar-refractivity contribution in [2.24, 2.45) is 0 Å². The summed E-state index contributed by atoms with van der Waals surface area (Å²) >= 11 is 0. The molecular formula is C22H32N6O2. The van der Waals surface area contributed by atoms with Crippen LogP contribution in [0.25, 0.3) is 11.0 Å². The first-order valence-corrected chi connectivity index (χ1v) is 11.3. The van der Waals surface area contributed by atoms with Gasteiger partial charge in [-0.25, -0.2) is 4.98 Å². The van der Waals surface area contributed by atoms with Gasteiger partial charge in [-0.2, -0.15) is 9.97 Å². The molecule has 30 heavy (non-hydrogen) atoms. The van der Waals surface area contributed by atoms with Crippen LogP contribution in [-0.2, 0) is 9.47 Å². The van der Waals surface area contributed by atoms with Crippen molar-refractivity contribution in [3.8, 4) is 0 Å². The van der Waals surface area contributed by atoms with E-state index in [2.05, 4.69) is 41.1 Å². The Bertz CT molecular complexity index is 871. The third-order valence-corrected chi connectivity index (χ3v) is 6.25. The molecule has 1 N–H and O–H groups in total. The van der Waals surface area contributed by atoms with Crippen LogP contribution in [0.4, 0.5) is 17.6 Å². The predicted octanol–water partition coefficient (Wildman–Crippen LogP) is 2.83. The fourth-order valence-electron chi connectivity index (χ4n) is 4.84. The number of nitrogens with zero attached hydrogens (tertiary/aromatic N) is 5. The molecule has 8 nitrogen and oxygen atoms in total. The lowest BCUT2D eigenvalue weighted by Crippen LogP contribution is -2.46. The van der Waals surface area contributed by atoms with Gasteiger partial charge < -0.3 is 24.6 Å². The van der Waals surface area contributed by atoms with Gasteiger partial charge >= 0.3 is 0 Å². The highest BCUT2D eigenvalue weighted by molar-refractivity contribution is 5.89. The predicted molar refractivity (Wildman–Crippen MR) is 118 cm³/mol. The lowest BCUT2D eigenvalue weighted by Gasteiger charge is -2.36. The first-order chi connectivity index (χ1) is 14.7. The van der Waals surface area contributed by atoms with E-state index >= 15 is 0 Å². The van der Waals surface area contributed by atoms with Crippen molar-refractivity contribution >= 4 is 28.6 Å². The molecule has 5 rings (SSSR count). The quantitative estimate of drug-likeness (QED) is 0.822. The number of morpholine rings is 2. The van der Waals surface area contributed by atoms with Gasteiger partial charge in [0.2, 0.25) is 5.95 Å². The molecule has 1 aliphatic carbocycles. The van der Waals surface area contributed by atoms with Gasteiger partial charge in [0.25, 0.3) is 0 Å². The van der Waals surface area contributed by atoms with Gasteiger partial charge in [0.15, 0.2) is 5.65 Å². The normalized spacial score (nSPS) is 25.8. The van der Waals surface area contributed by atoms with Gasteiger partial charge in [-0.1, -0.05) is 12.8 Å². The Hall–Kier alpha value is -2.19. The van der Waals surface area contributed by atoms with Crippen LogP contribution in [0.1, 0.15) is 39.5 Å². The van der Waals surface area contributed by atoms with E-state index in [0.29, 0.717) is 6.04 Å². The average Bonchev–Trinajstić information content (AvgIpc) is 3.26. The summed E-state index contributed by atoms with van der Waals surface area (Å²) in [4.78, 5) is 19.4. The van der Waals surface area contributed by atoms with Gasteiger partial charge in [0.05, 0.1) is 30.8 Å². The molecule has 8 heteroatoms. The summed E-state index contributed by atoms with van der Waals surface area (Å²) < 4.78 is 11.5. The van der Waals surface area contributed by atoms with Gasteiger partial charge in [-0.3, -0.25) is 0 Å². The molecule has 0 radical (unpaired) electrons. The third-order valence-electron chi connectivity index (χ3n) is 6.25. The molecule has 2 atom stereocenters. The molecule has 2 aromatic heterocycles. The van der Waals surface area contributed by atoms with Gasteiger partial charge in [-0.05, 0) is 38.8 Å². The number of nitrogens with one attached hydrogen (secondary N) is 1. The summed E-state index contributed by atoms with van der Waals surface area (Å²) in [6.45, 7) is 8.91. The van der Waals surface area contributed by atoms with Crippen molar-refractivity contribution in [1.29, 1.82) is 0 Å². The molecule has 0 amide bonds. The Labute approximate surface area is 178 Å². The monoisotopic (exact) mass is 412 g/mol. The van der Waals surface area contributed by atoms with E-state index in [1.807, 2.05) is 0 Å². The summed E-state index contributed by atoms with van der Waals surface area (Å²) in [6, 6.07) is 4.72. The molecule has 3 fully saturated rings. The number of rotatable bonds is 4. The van der Waals surface area contributed by atoms with Crippen LogP contribution >= 0.6 is 0 Å². The highest BCUT2D eigenvalue weighted by Gasteiger charge is 2.27. The zero-order valence-electron chi connectivity index (χ0n) is 18.0. The second-order valence-electron chi connectivity index (χ2n) is 8.80. The zero-order chi connectivity index (χ0) is 20.5. The van der Waals surface area contributed by atoms with E-state index in [9.17, 15) is 0 Å². The van der Waals surface area contributed by atoms with E-state index in [-0.39, 0.29) is 12.2 Å². The van der Waals surface area contributed by atoms with Crippen molar-refractivity contribution < 1.29 is 9.47 Å². The summed E-state index contributed by atoms with van der Waals surface area (Å²) in [5.41, 5.74) is 0.760. The molecule has 0 bridgehead atoms. The summed E-state index contributed by atoms with van der Waals surface area (Å²) in [6.07, 6.45) is 5.35. The number of hydrogen-bond acceptors (Lipinski definition) is 8. The molecule has 162 valence electrons. The number of ether oxygens (including phenoxy) is 2. The first kappa shape index (κ1) is 19.8. The fourth-order valence-corrected chi connectivity index (χ4v) is 4.84. The van der Waals surface area contributed by atoms with Crippen LogP contribution in [-0.4, -0.2) is 72.6 Å². The Morgan fingerprint density at radius 1 is 0.933 bits per heavy atom. The molecule has 1 saturated carbocycles. The molecule has 4 heterocycles. The molecule has 2 aromatic rings. The van der Waals surface area contributed by atoms with E-state index in [0.717, 1.165) is 68.0 Å². The van der Waals surface area contributed by atoms with Crippen LogP contribution in [0, 0.1) is 0 Å². The zero-order valence-corrected chi connectivity index (χ0v) is 18.0. The largest absolute Gasteiger partial charge is 0.378 e. The minimum Gasteiger partial charge on any atom is -0.378 e. The van der Waals surface area contributed by atoms with E-state index in [1.165, 1.54) is 25.7 Å². The maximum atomic E-state index is 5.92. The first-order valence-electron chi connectivity index (χ1n) is 11.3. The maximum Gasteiger partial charge on any atom is 0.229 e. The van der Waals surface area contributed by atoms with Crippen molar-refractivity contribution in [1.82, 2.24) is 15.0 Å². The lowest BCUT2D eigenvalue weighted by atomic mass is 10.2. The SMILES string of the molecule is CC1CN(c2nc(N3CCOCC3)c3ccc(NC4CCCC4)nc3n2)CC(C)O1. The smallest absolute Gasteiger partial charge is 0.229 e. The fraction of sp³-hybridized carbons (Fsp3) is 0.682. The van der Waals surface area contributed by atoms with Crippen LogP contribution in [0.3, 0.4) is 0 Å². The second kappa shape index (κ2) is 8.51. The standard InChI is InChI=1S/C22H32N6O2/c1-15-13-28(14-16(2)30-15)22-25-20-18(21(26-22)27-9-11-29-12-10-27)7-8-19(24-20)23-17-5-3-4-6-17/h7-8,15-17H,3-6,9-14H2,1-2H3,(H,23,24,25,26). The highest BCUT2D eigenvalue weighted by atomic mass is 16.5. The van der Waals surface area contributed by atoms with Gasteiger partial charge in [0, 0.05) is 32.2 Å². The average molecular weight is 413 g/mol. The summed E-state index contributed by atoms with van der Waals surface area (Å²) in [5.74, 6) is 2.62. The van der Waals surface area contributed by atoms with E-state index in [1.54, 1.807) is 0 Å². The Morgan fingerprint density at radius 2 is 1.67 bits per heavy atom. The van der Waals surface area contributed by atoms with E-state index in [4.69, 9.17) is 24.4 Å². The molecular weight excluding hydrogens is 380 g/mol. The van der Waals surface area contributed by atoms with Crippen molar-refractivity contribution in [3.63, 3.8) is 0 Å². The topological polar surface area (TPSA) is 75.6 Å². The van der Waals surface area contributed by atoms with Crippen molar-refractivity contribution in [2.75, 3.05) is 54.5 Å². The van der Waals surface area contributed by atoms with E-state index < -0.39 is 0 Å². The van der Waals surface area contributed by atoms with Gasteiger partial charge in [-0.15, -0.1) is 0 Å². The molecule has 3 aliphatic rings. The molecule has 2 aliphatic heterocycles. The molecule has 0 aromatic carbocycles. The minimum absolute atomic E-state index is 0.156. The Balaban J connectivity index is 1.53. The van der Waals surface area contributed by atoms with Gasteiger partial charge in [0.1, 0.15) is 11.6 Å². The minimum atomic E-state index is 0.156. The maximum absolute atomic E-state index is 5.92. The number of anilines is 3. The van der Waals surface area contributed by atoms with Crippen LogP contribution in [0.2, 0.25) is 0 Å². The highest BCUT2D eigenvalue weighted by Crippen LogP contribution is 2.29. The molecule has 2 unspecified atom stereocenters. The van der Waals surface area contributed by atoms with Crippen LogP contribution < -0.4 is 15.1 Å². The lowest BCUT2D eigenvalue weighted by molar-refractivity contribution is -0.00570. The summed E-state index contributed by atoms with van der Waals surface area (Å²) in [5, 5.41) is 4.61. The third kappa shape index (κ3) is 4.16. The molecule has 0 spiro atoms. The second-order valence-corrected chi connectivity index (χ2v) is 8.80.